The highest BCUT2D eigenvalue weighted by molar-refractivity contribution is 7.89. The summed E-state index contributed by atoms with van der Waals surface area (Å²) >= 11 is 4.72. The predicted molar refractivity (Wildman–Crippen MR) is 84.0 cm³/mol. The van der Waals surface area contributed by atoms with E-state index in [-0.39, 0.29) is 15.4 Å². The highest BCUT2D eigenvalue weighted by atomic mass is 32.2. The summed E-state index contributed by atoms with van der Waals surface area (Å²) in [5.74, 6) is 0.259. The van der Waals surface area contributed by atoms with Crippen LogP contribution in [0.4, 0.5) is 4.39 Å². The SMILES string of the molecule is CC1CCCC1CNS(=O)(=O)c1ccc(F)c(C(N)=S)c1. The first kappa shape index (κ1) is 16.3. The van der Waals surface area contributed by atoms with Crippen molar-refractivity contribution in [3.8, 4) is 0 Å². The molecule has 2 rings (SSSR count). The number of thiocarbonyl (C=S) groups is 1. The molecule has 0 saturated heterocycles. The summed E-state index contributed by atoms with van der Waals surface area (Å²) in [5.41, 5.74) is 5.34. The molecular weight excluding hydrogens is 311 g/mol. The fourth-order valence-corrected chi connectivity index (χ4v) is 3.96. The zero-order chi connectivity index (χ0) is 15.6. The van der Waals surface area contributed by atoms with Crippen LogP contribution in [0.15, 0.2) is 23.1 Å². The molecule has 2 atom stereocenters. The van der Waals surface area contributed by atoms with Gasteiger partial charge in [-0.25, -0.2) is 17.5 Å². The summed E-state index contributed by atoms with van der Waals surface area (Å²) in [6.07, 6.45) is 3.30. The van der Waals surface area contributed by atoms with E-state index in [0.717, 1.165) is 25.3 Å². The van der Waals surface area contributed by atoms with Gasteiger partial charge < -0.3 is 5.73 Å². The second-order valence-electron chi connectivity index (χ2n) is 5.53. The van der Waals surface area contributed by atoms with E-state index in [0.29, 0.717) is 18.4 Å². The minimum absolute atomic E-state index is 0.0163. The molecule has 1 aliphatic rings. The monoisotopic (exact) mass is 330 g/mol. The molecule has 0 aromatic heterocycles. The van der Waals surface area contributed by atoms with Crippen LogP contribution in [0.5, 0.6) is 0 Å². The van der Waals surface area contributed by atoms with Crippen molar-refractivity contribution < 1.29 is 12.8 Å². The lowest BCUT2D eigenvalue weighted by molar-refractivity contribution is 0.414. The van der Waals surface area contributed by atoms with Gasteiger partial charge in [0.25, 0.3) is 0 Å². The Labute approximate surface area is 130 Å². The van der Waals surface area contributed by atoms with Gasteiger partial charge in [0, 0.05) is 12.1 Å². The van der Waals surface area contributed by atoms with Crippen molar-refractivity contribution in [2.75, 3.05) is 6.54 Å². The summed E-state index contributed by atoms with van der Waals surface area (Å²) < 4.78 is 40.6. The minimum Gasteiger partial charge on any atom is -0.389 e. The van der Waals surface area contributed by atoms with Crippen molar-refractivity contribution in [3.63, 3.8) is 0 Å². The van der Waals surface area contributed by atoms with Crippen molar-refractivity contribution >= 4 is 27.2 Å². The van der Waals surface area contributed by atoms with Gasteiger partial charge in [-0.2, -0.15) is 0 Å². The van der Waals surface area contributed by atoms with Crippen LogP contribution < -0.4 is 10.5 Å². The van der Waals surface area contributed by atoms with Gasteiger partial charge in [0.1, 0.15) is 10.8 Å². The normalized spacial score (nSPS) is 22.4. The highest BCUT2D eigenvalue weighted by Crippen LogP contribution is 2.30. The molecule has 4 nitrogen and oxygen atoms in total. The van der Waals surface area contributed by atoms with Crippen LogP contribution in [0.25, 0.3) is 0 Å². The molecule has 1 aromatic carbocycles. The van der Waals surface area contributed by atoms with E-state index in [1.54, 1.807) is 0 Å². The zero-order valence-corrected chi connectivity index (χ0v) is 13.4. The molecule has 1 fully saturated rings. The molecule has 1 aromatic rings. The molecule has 0 amide bonds. The van der Waals surface area contributed by atoms with Gasteiger partial charge in [-0.3, -0.25) is 0 Å². The highest BCUT2D eigenvalue weighted by Gasteiger charge is 2.25. The molecule has 0 spiro atoms. The smallest absolute Gasteiger partial charge is 0.240 e. The Kier molecular flexibility index (Phi) is 4.95. The van der Waals surface area contributed by atoms with Gasteiger partial charge in [0.15, 0.2) is 0 Å². The molecule has 1 aliphatic carbocycles. The maximum absolute atomic E-state index is 13.5. The van der Waals surface area contributed by atoms with Crippen LogP contribution in [0.1, 0.15) is 31.7 Å². The largest absolute Gasteiger partial charge is 0.389 e. The third kappa shape index (κ3) is 3.78. The number of hydrogen-bond donors (Lipinski definition) is 2. The quantitative estimate of drug-likeness (QED) is 0.812. The lowest BCUT2D eigenvalue weighted by Gasteiger charge is -2.16. The summed E-state index contributed by atoms with van der Waals surface area (Å²) in [6, 6.07) is 3.47. The molecule has 0 bridgehead atoms. The summed E-state index contributed by atoms with van der Waals surface area (Å²) in [4.78, 5) is -0.175. The lowest BCUT2D eigenvalue weighted by atomic mass is 9.99. The first-order valence-corrected chi connectivity index (χ1v) is 8.79. The molecular formula is C14H19FN2O2S2. The van der Waals surface area contributed by atoms with E-state index >= 15 is 0 Å². The fraction of sp³-hybridized carbons (Fsp3) is 0.500. The van der Waals surface area contributed by atoms with E-state index in [1.807, 2.05) is 0 Å². The molecule has 116 valence electrons. The molecule has 21 heavy (non-hydrogen) atoms. The number of halogens is 1. The maximum atomic E-state index is 13.5. The third-order valence-corrected chi connectivity index (χ3v) is 5.73. The van der Waals surface area contributed by atoms with Gasteiger partial charge in [-0.15, -0.1) is 0 Å². The van der Waals surface area contributed by atoms with Gasteiger partial charge >= 0.3 is 0 Å². The Morgan fingerprint density at radius 3 is 2.76 bits per heavy atom. The van der Waals surface area contributed by atoms with E-state index < -0.39 is 15.8 Å². The van der Waals surface area contributed by atoms with Crippen LogP contribution in [-0.2, 0) is 10.0 Å². The standard InChI is InChI=1S/C14H19FN2O2S2/c1-9-3-2-4-10(9)8-17-21(18,19)11-5-6-13(15)12(7-11)14(16)20/h5-7,9-10,17H,2-4,8H2,1H3,(H2,16,20). The summed E-state index contributed by atoms with van der Waals surface area (Å²) in [7, 11) is -3.68. The van der Waals surface area contributed by atoms with Crippen molar-refractivity contribution in [3.05, 3.63) is 29.6 Å². The molecule has 2 unspecified atom stereocenters. The second-order valence-corrected chi connectivity index (χ2v) is 7.73. The number of nitrogens with two attached hydrogens (primary N) is 1. The van der Waals surface area contributed by atoms with E-state index in [1.165, 1.54) is 12.1 Å². The van der Waals surface area contributed by atoms with Gasteiger partial charge in [0.05, 0.1) is 4.90 Å². The van der Waals surface area contributed by atoms with Gasteiger partial charge in [-0.1, -0.05) is 32.0 Å². The van der Waals surface area contributed by atoms with Crippen LogP contribution in [-0.4, -0.2) is 20.0 Å². The average Bonchev–Trinajstić information content (AvgIpc) is 2.82. The molecule has 7 heteroatoms. The first-order chi connectivity index (χ1) is 9.81. The van der Waals surface area contributed by atoms with E-state index in [4.69, 9.17) is 18.0 Å². The first-order valence-electron chi connectivity index (χ1n) is 6.90. The van der Waals surface area contributed by atoms with Crippen LogP contribution in [0.2, 0.25) is 0 Å². The number of benzene rings is 1. The summed E-state index contributed by atoms with van der Waals surface area (Å²) in [5, 5.41) is 0. The third-order valence-electron chi connectivity index (χ3n) is 4.09. The van der Waals surface area contributed by atoms with Crippen LogP contribution in [0.3, 0.4) is 0 Å². The Hall–Kier alpha value is -1.05. The van der Waals surface area contributed by atoms with Crippen molar-refractivity contribution in [1.82, 2.24) is 4.72 Å². The number of rotatable bonds is 5. The van der Waals surface area contributed by atoms with Crippen LogP contribution >= 0.6 is 12.2 Å². The molecule has 0 radical (unpaired) electrons. The Morgan fingerprint density at radius 1 is 1.48 bits per heavy atom. The maximum Gasteiger partial charge on any atom is 0.240 e. The lowest BCUT2D eigenvalue weighted by Crippen LogP contribution is -2.30. The molecule has 0 aliphatic heterocycles. The number of hydrogen-bond acceptors (Lipinski definition) is 3. The van der Waals surface area contributed by atoms with Gasteiger partial charge in [0.2, 0.25) is 10.0 Å². The van der Waals surface area contributed by atoms with Crippen LogP contribution in [0, 0.1) is 17.7 Å². The Bertz CT molecular complexity index is 646. The zero-order valence-electron chi connectivity index (χ0n) is 11.8. The molecule has 0 heterocycles. The Morgan fingerprint density at radius 2 is 2.19 bits per heavy atom. The predicted octanol–water partition coefficient (Wildman–Crippen LogP) is 2.17. The summed E-state index contributed by atoms with van der Waals surface area (Å²) in [6.45, 7) is 2.54. The van der Waals surface area contributed by atoms with E-state index in [9.17, 15) is 12.8 Å². The second kappa shape index (κ2) is 6.37. The van der Waals surface area contributed by atoms with Gasteiger partial charge in [-0.05, 0) is 36.5 Å². The van der Waals surface area contributed by atoms with Crippen molar-refractivity contribution in [2.45, 2.75) is 31.1 Å². The Balaban J connectivity index is 2.15. The minimum atomic E-state index is -3.68. The number of nitrogens with one attached hydrogen (secondary N) is 1. The van der Waals surface area contributed by atoms with Crippen molar-refractivity contribution in [1.29, 1.82) is 0 Å². The number of sulfonamides is 1. The van der Waals surface area contributed by atoms with Crippen molar-refractivity contribution in [2.24, 2.45) is 17.6 Å². The van der Waals surface area contributed by atoms with E-state index in [2.05, 4.69) is 11.6 Å². The molecule has 3 N–H and O–H groups in total. The topological polar surface area (TPSA) is 72.2 Å². The fourth-order valence-electron chi connectivity index (χ4n) is 2.69. The molecule has 1 saturated carbocycles. The average molecular weight is 330 g/mol.